The molecule has 0 heterocycles. The molecule has 0 aromatic heterocycles. The molecule has 1 N–H and O–H groups in total. The highest BCUT2D eigenvalue weighted by atomic mass is 16.3. The van der Waals surface area contributed by atoms with Crippen molar-refractivity contribution < 1.29 is 9.90 Å². The molecule has 0 saturated heterocycles. The van der Waals surface area contributed by atoms with Gasteiger partial charge in [0.25, 0.3) is 0 Å². The van der Waals surface area contributed by atoms with Crippen LogP contribution in [0.15, 0.2) is 30.3 Å². The SMILES string of the molecule is CC(C)(CCCCCc1ccccc1)C(=O)CO. The number of ketones is 1. The minimum absolute atomic E-state index is 0.0504. The number of aryl methyl sites for hydroxylation is 1. The van der Waals surface area contributed by atoms with Crippen LogP contribution in [-0.2, 0) is 11.2 Å². The second-order valence-corrected chi connectivity index (χ2v) is 5.51. The van der Waals surface area contributed by atoms with Gasteiger partial charge in [0.2, 0.25) is 0 Å². The molecule has 0 aliphatic carbocycles. The fourth-order valence-corrected chi connectivity index (χ4v) is 2.07. The highest BCUT2D eigenvalue weighted by Gasteiger charge is 2.25. The summed E-state index contributed by atoms with van der Waals surface area (Å²) in [5.74, 6) is -0.0504. The third-order valence-corrected chi connectivity index (χ3v) is 3.51. The van der Waals surface area contributed by atoms with Gasteiger partial charge in [0, 0.05) is 5.41 Å². The quantitative estimate of drug-likeness (QED) is 0.716. The average Bonchev–Trinajstić information content (AvgIpc) is 2.38. The fraction of sp³-hybridized carbons (Fsp3) is 0.562. The normalized spacial score (nSPS) is 11.5. The fourth-order valence-electron chi connectivity index (χ4n) is 2.07. The largest absolute Gasteiger partial charge is 0.389 e. The molecule has 0 fully saturated rings. The molecule has 18 heavy (non-hydrogen) atoms. The van der Waals surface area contributed by atoms with Crippen LogP contribution in [0.5, 0.6) is 0 Å². The summed E-state index contributed by atoms with van der Waals surface area (Å²) in [6.45, 7) is 3.50. The first-order valence-electron chi connectivity index (χ1n) is 6.74. The number of Topliss-reactive ketones (excluding diaryl/α,β-unsaturated/α-hetero) is 1. The van der Waals surface area contributed by atoms with E-state index in [9.17, 15) is 4.79 Å². The first kappa shape index (κ1) is 14.9. The Hall–Kier alpha value is -1.15. The van der Waals surface area contributed by atoms with Gasteiger partial charge in [-0.25, -0.2) is 0 Å². The molecule has 0 saturated carbocycles. The minimum Gasteiger partial charge on any atom is -0.389 e. The van der Waals surface area contributed by atoms with Crippen molar-refractivity contribution in [3.8, 4) is 0 Å². The molecule has 2 nitrogen and oxygen atoms in total. The number of aliphatic hydroxyl groups excluding tert-OH is 1. The maximum atomic E-state index is 11.5. The Labute approximate surface area is 110 Å². The number of hydrogen-bond acceptors (Lipinski definition) is 2. The number of benzene rings is 1. The van der Waals surface area contributed by atoms with E-state index < -0.39 is 0 Å². The number of hydrogen-bond donors (Lipinski definition) is 1. The summed E-state index contributed by atoms with van der Waals surface area (Å²) >= 11 is 0. The van der Waals surface area contributed by atoms with E-state index in [2.05, 4.69) is 24.3 Å². The number of unbranched alkanes of at least 4 members (excludes halogenated alkanes) is 2. The van der Waals surface area contributed by atoms with Crippen molar-refractivity contribution in [2.24, 2.45) is 5.41 Å². The smallest absolute Gasteiger partial charge is 0.163 e. The second kappa shape index (κ2) is 7.32. The molecule has 0 aliphatic heterocycles. The summed E-state index contributed by atoms with van der Waals surface area (Å²) < 4.78 is 0. The van der Waals surface area contributed by atoms with Crippen LogP contribution in [-0.4, -0.2) is 17.5 Å². The van der Waals surface area contributed by atoms with Gasteiger partial charge < -0.3 is 5.11 Å². The van der Waals surface area contributed by atoms with Crippen LogP contribution in [0.2, 0.25) is 0 Å². The number of carbonyl (C=O) groups is 1. The summed E-state index contributed by atoms with van der Waals surface area (Å²) in [6, 6.07) is 10.5. The van der Waals surface area contributed by atoms with E-state index in [0.717, 1.165) is 32.1 Å². The molecule has 0 aliphatic rings. The molecule has 1 rings (SSSR count). The molecule has 0 spiro atoms. The van der Waals surface area contributed by atoms with Crippen molar-refractivity contribution in [1.82, 2.24) is 0 Å². The van der Waals surface area contributed by atoms with Crippen molar-refractivity contribution in [2.75, 3.05) is 6.61 Å². The van der Waals surface area contributed by atoms with Crippen LogP contribution in [0.4, 0.5) is 0 Å². The summed E-state index contributed by atoms with van der Waals surface area (Å²) in [4.78, 5) is 11.5. The predicted molar refractivity (Wildman–Crippen MR) is 74.5 cm³/mol. The maximum Gasteiger partial charge on any atom is 0.163 e. The third kappa shape index (κ3) is 5.01. The van der Waals surface area contributed by atoms with E-state index in [1.54, 1.807) is 0 Å². The monoisotopic (exact) mass is 248 g/mol. The van der Waals surface area contributed by atoms with Crippen LogP contribution in [0.1, 0.15) is 45.1 Å². The van der Waals surface area contributed by atoms with Crippen molar-refractivity contribution in [3.05, 3.63) is 35.9 Å². The number of carbonyl (C=O) groups excluding carboxylic acids is 1. The lowest BCUT2D eigenvalue weighted by Crippen LogP contribution is -2.26. The Kier molecular flexibility index (Phi) is 6.06. The number of rotatable bonds is 8. The van der Waals surface area contributed by atoms with Gasteiger partial charge in [-0.05, 0) is 24.8 Å². The topological polar surface area (TPSA) is 37.3 Å². The van der Waals surface area contributed by atoms with Crippen molar-refractivity contribution in [2.45, 2.75) is 46.0 Å². The molecule has 1 aromatic carbocycles. The van der Waals surface area contributed by atoms with Gasteiger partial charge in [-0.3, -0.25) is 4.79 Å². The van der Waals surface area contributed by atoms with Gasteiger partial charge in [0.1, 0.15) is 6.61 Å². The predicted octanol–water partition coefficient (Wildman–Crippen LogP) is 3.38. The molecule has 0 radical (unpaired) electrons. The Morgan fingerprint density at radius 2 is 1.78 bits per heavy atom. The van der Waals surface area contributed by atoms with Crippen molar-refractivity contribution >= 4 is 5.78 Å². The molecule has 0 unspecified atom stereocenters. The van der Waals surface area contributed by atoms with Gasteiger partial charge >= 0.3 is 0 Å². The Morgan fingerprint density at radius 3 is 2.39 bits per heavy atom. The summed E-state index contributed by atoms with van der Waals surface area (Å²) in [6.07, 6.45) is 5.31. The molecule has 0 amide bonds. The van der Waals surface area contributed by atoms with Gasteiger partial charge in [-0.2, -0.15) is 0 Å². The van der Waals surface area contributed by atoms with E-state index in [-0.39, 0.29) is 17.8 Å². The van der Waals surface area contributed by atoms with E-state index in [0.29, 0.717) is 0 Å². The molecule has 1 aromatic rings. The second-order valence-electron chi connectivity index (χ2n) is 5.51. The van der Waals surface area contributed by atoms with Gasteiger partial charge in [-0.15, -0.1) is 0 Å². The average molecular weight is 248 g/mol. The molecule has 100 valence electrons. The molecule has 0 atom stereocenters. The Morgan fingerprint density at radius 1 is 1.11 bits per heavy atom. The van der Waals surface area contributed by atoms with Crippen LogP contribution >= 0.6 is 0 Å². The lowest BCUT2D eigenvalue weighted by Gasteiger charge is -2.21. The van der Waals surface area contributed by atoms with Crippen molar-refractivity contribution in [3.63, 3.8) is 0 Å². The molecule has 2 heteroatoms. The summed E-state index contributed by atoms with van der Waals surface area (Å²) in [7, 11) is 0. The summed E-state index contributed by atoms with van der Waals surface area (Å²) in [5.41, 5.74) is 1.00. The molecular weight excluding hydrogens is 224 g/mol. The highest BCUT2D eigenvalue weighted by Crippen LogP contribution is 2.24. The standard InChI is InChI=1S/C16H24O2/c1-16(2,15(18)13-17)12-8-4-7-11-14-9-5-3-6-10-14/h3,5-6,9-10,17H,4,7-8,11-13H2,1-2H3. The van der Waals surface area contributed by atoms with Crippen LogP contribution in [0.25, 0.3) is 0 Å². The minimum atomic E-state index is -0.374. The third-order valence-electron chi connectivity index (χ3n) is 3.51. The van der Waals surface area contributed by atoms with Gasteiger partial charge in [0.15, 0.2) is 5.78 Å². The Bertz CT molecular complexity index is 355. The van der Waals surface area contributed by atoms with E-state index in [4.69, 9.17) is 5.11 Å². The van der Waals surface area contributed by atoms with E-state index in [1.165, 1.54) is 5.56 Å². The van der Waals surface area contributed by atoms with Gasteiger partial charge in [-0.1, -0.05) is 57.0 Å². The zero-order chi connectivity index (χ0) is 13.4. The molecular formula is C16H24O2. The lowest BCUT2D eigenvalue weighted by atomic mass is 9.83. The van der Waals surface area contributed by atoms with E-state index in [1.807, 2.05) is 19.9 Å². The lowest BCUT2D eigenvalue weighted by molar-refractivity contribution is -0.130. The zero-order valence-electron chi connectivity index (χ0n) is 11.5. The molecule has 0 bridgehead atoms. The van der Waals surface area contributed by atoms with Crippen LogP contribution in [0.3, 0.4) is 0 Å². The first-order valence-corrected chi connectivity index (χ1v) is 6.74. The van der Waals surface area contributed by atoms with Crippen LogP contribution in [0, 0.1) is 5.41 Å². The van der Waals surface area contributed by atoms with Crippen LogP contribution < -0.4 is 0 Å². The Balaban J connectivity index is 2.17. The highest BCUT2D eigenvalue weighted by molar-refractivity contribution is 5.84. The first-order chi connectivity index (χ1) is 8.56. The number of aliphatic hydroxyl groups is 1. The summed E-state index contributed by atoms with van der Waals surface area (Å²) in [5, 5.41) is 8.87. The van der Waals surface area contributed by atoms with Crippen molar-refractivity contribution in [1.29, 1.82) is 0 Å². The zero-order valence-corrected chi connectivity index (χ0v) is 11.5. The van der Waals surface area contributed by atoms with E-state index >= 15 is 0 Å². The van der Waals surface area contributed by atoms with Gasteiger partial charge in [0.05, 0.1) is 0 Å². The maximum absolute atomic E-state index is 11.5.